The van der Waals surface area contributed by atoms with Crippen molar-refractivity contribution in [3.8, 4) is 0 Å². The average molecular weight is 408 g/mol. The van der Waals surface area contributed by atoms with Gasteiger partial charge >= 0.3 is 0 Å². The molecule has 6 N–H and O–H groups in total. The largest absolute Gasteiger partial charge is 0.369 e. The third-order valence-corrected chi connectivity index (χ3v) is 6.16. The fourth-order valence-electron chi connectivity index (χ4n) is 4.57. The number of hydrazine groups is 1. The topological polar surface area (TPSA) is 92.5 Å². The van der Waals surface area contributed by atoms with Crippen molar-refractivity contribution in [3.05, 3.63) is 60.2 Å². The molecule has 4 unspecified atom stereocenters. The minimum atomic E-state index is -0.223. The molecule has 3 fully saturated rings. The Hall–Kier alpha value is -2.65. The number of benzene rings is 2. The Labute approximate surface area is 176 Å². The molecule has 0 saturated carbocycles. The first-order chi connectivity index (χ1) is 14.8. The van der Waals surface area contributed by atoms with Gasteiger partial charge in [0.2, 0.25) is 5.91 Å². The van der Waals surface area contributed by atoms with Gasteiger partial charge in [0.15, 0.2) is 0 Å². The summed E-state index contributed by atoms with van der Waals surface area (Å²) in [4.78, 5) is 15.0. The van der Waals surface area contributed by atoms with Crippen LogP contribution in [-0.4, -0.2) is 50.8 Å². The summed E-state index contributed by atoms with van der Waals surface area (Å²) in [6.45, 7) is 4.77. The molecule has 4 atom stereocenters. The summed E-state index contributed by atoms with van der Waals surface area (Å²) >= 11 is 0. The lowest BCUT2D eigenvalue weighted by Crippen LogP contribution is -2.71. The van der Waals surface area contributed by atoms with Gasteiger partial charge in [-0.15, -0.1) is 0 Å². The van der Waals surface area contributed by atoms with Gasteiger partial charge in [-0.05, 0) is 29.8 Å². The summed E-state index contributed by atoms with van der Waals surface area (Å²) in [5, 5.41) is 14.1. The Kier molecular flexibility index (Phi) is 5.54. The van der Waals surface area contributed by atoms with Crippen LogP contribution in [0.4, 0.5) is 11.4 Å². The van der Waals surface area contributed by atoms with Crippen LogP contribution in [0.3, 0.4) is 0 Å². The number of fused-ring (bicyclic) bond motifs is 1. The summed E-state index contributed by atoms with van der Waals surface area (Å²) in [7, 11) is 0. The molecule has 2 aromatic carbocycles. The van der Waals surface area contributed by atoms with Crippen LogP contribution < -0.4 is 37.0 Å². The molecule has 158 valence electrons. The molecule has 3 heterocycles. The van der Waals surface area contributed by atoms with Gasteiger partial charge in [-0.3, -0.25) is 20.9 Å². The van der Waals surface area contributed by atoms with E-state index in [9.17, 15) is 4.79 Å². The molecule has 5 rings (SSSR count). The third kappa shape index (κ3) is 3.99. The summed E-state index contributed by atoms with van der Waals surface area (Å²) in [5.41, 5.74) is 9.18. The standard InChI is InChI=1S/C22H29N7O/c30-22-19-18(14-24-28-22)26-20(15-4-2-1-3-5-15)27-21(19)25-16-6-8-17(9-7-16)29-12-10-23-11-13-29/h1-9,18-21,23-27H,10-14H2,(H,28,30). The fourth-order valence-corrected chi connectivity index (χ4v) is 4.57. The molecule has 0 radical (unpaired) electrons. The number of nitrogens with one attached hydrogen (secondary N) is 6. The Morgan fingerprint density at radius 2 is 1.70 bits per heavy atom. The second-order valence-corrected chi connectivity index (χ2v) is 8.09. The normalized spacial score (nSPS) is 29.1. The van der Waals surface area contributed by atoms with E-state index in [0.717, 1.165) is 37.4 Å². The Morgan fingerprint density at radius 3 is 2.47 bits per heavy atom. The highest BCUT2D eigenvalue weighted by atomic mass is 16.2. The molecule has 3 aliphatic rings. The maximum atomic E-state index is 12.6. The van der Waals surface area contributed by atoms with Gasteiger partial charge in [0.1, 0.15) is 0 Å². The zero-order valence-electron chi connectivity index (χ0n) is 16.9. The number of piperazine rings is 1. The van der Waals surface area contributed by atoms with Gasteiger partial charge in [0, 0.05) is 50.1 Å². The maximum absolute atomic E-state index is 12.6. The van der Waals surface area contributed by atoms with E-state index in [1.54, 1.807) is 0 Å². The van der Waals surface area contributed by atoms with Crippen LogP contribution >= 0.6 is 0 Å². The average Bonchev–Trinajstić information content (AvgIpc) is 2.81. The van der Waals surface area contributed by atoms with Gasteiger partial charge in [-0.2, -0.15) is 0 Å². The van der Waals surface area contributed by atoms with Gasteiger partial charge in [-0.1, -0.05) is 30.3 Å². The maximum Gasteiger partial charge on any atom is 0.242 e. The lowest BCUT2D eigenvalue weighted by atomic mass is 9.89. The zero-order valence-corrected chi connectivity index (χ0v) is 16.9. The van der Waals surface area contributed by atoms with Crippen molar-refractivity contribution in [1.82, 2.24) is 26.8 Å². The first kappa shape index (κ1) is 19.3. The monoisotopic (exact) mass is 407 g/mol. The number of carbonyl (C=O) groups is 1. The molecular formula is C22H29N7O. The van der Waals surface area contributed by atoms with E-state index in [1.807, 2.05) is 18.2 Å². The molecule has 8 heteroatoms. The molecule has 0 aromatic heterocycles. The van der Waals surface area contributed by atoms with Gasteiger partial charge < -0.3 is 15.5 Å². The van der Waals surface area contributed by atoms with E-state index in [2.05, 4.69) is 73.4 Å². The second-order valence-electron chi connectivity index (χ2n) is 8.09. The van der Waals surface area contributed by atoms with Crippen LogP contribution in [0.1, 0.15) is 11.7 Å². The van der Waals surface area contributed by atoms with E-state index in [-0.39, 0.29) is 30.2 Å². The number of amides is 1. The molecule has 3 aliphatic heterocycles. The third-order valence-electron chi connectivity index (χ3n) is 6.16. The van der Waals surface area contributed by atoms with E-state index in [4.69, 9.17) is 0 Å². The highest BCUT2D eigenvalue weighted by molar-refractivity contribution is 5.81. The molecule has 30 heavy (non-hydrogen) atoms. The van der Waals surface area contributed by atoms with Crippen molar-refractivity contribution in [3.63, 3.8) is 0 Å². The summed E-state index contributed by atoms with van der Waals surface area (Å²) in [5.74, 6) is -0.230. The highest BCUT2D eigenvalue weighted by Crippen LogP contribution is 2.26. The Morgan fingerprint density at radius 1 is 0.933 bits per heavy atom. The van der Waals surface area contributed by atoms with Crippen LogP contribution in [0, 0.1) is 5.92 Å². The van der Waals surface area contributed by atoms with Crippen LogP contribution in [-0.2, 0) is 4.79 Å². The van der Waals surface area contributed by atoms with Crippen LogP contribution in [0.5, 0.6) is 0 Å². The van der Waals surface area contributed by atoms with E-state index in [1.165, 1.54) is 5.69 Å². The predicted octanol–water partition coefficient (Wildman–Crippen LogP) is 0.345. The molecule has 3 saturated heterocycles. The smallest absolute Gasteiger partial charge is 0.242 e. The summed E-state index contributed by atoms with van der Waals surface area (Å²) in [6.07, 6.45) is -0.216. The Balaban J connectivity index is 1.34. The van der Waals surface area contributed by atoms with E-state index < -0.39 is 0 Å². The lowest BCUT2D eigenvalue weighted by molar-refractivity contribution is -0.131. The lowest BCUT2D eigenvalue weighted by Gasteiger charge is -2.46. The number of anilines is 2. The predicted molar refractivity (Wildman–Crippen MR) is 118 cm³/mol. The molecule has 0 aliphatic carbocycles. The number of rotatable bonds is 4. The minimum absolute atomic E-state index is 0.00676. The van der Waals surface area contributed by atoms with Crippen molar-refractivity contribution in [2.24, 2.45) is 5.92 Å². The molecule has 8 nitrogen and oxygen atoms in total. The number of hydrogen-bond acceptors (Lipinski definition) is 7. The van der Waals surface area contributed by atoms with Crippen molar-refractivity contribution in [1.29, 1.82) is 0 Å². The van der Waals surface area contributed by atoms with Crippen LogP contribution in [0.2, 0.25) is 0 Å². The van der Waals surface area contributed by atoms with Gasteiger partial charge in [0.25, 0.3) is 0 Å². The first-order valence-corrected chi connectivity index (χ1v) is 10.7. The second kappa shape index (κ2) is 8.61. The van der Waals surface area contributed by atoms with Gasteiger partial charge in [0.05, 0.1) is 18.2 Å². The SMILES string of the molecule is O=C1NNCC2NC(c3ccccc3)NC(Nc3ccc(N4CCNCC4)cc3)C12. The highest BCUT2D eigenvalue weighted by Gasteiger charge is 2.43. The fraction of sp³-hybridized carbons (Fsp3) is 0.409. The van der Waals surface area contributed by atoms with Gasteiger partial charge in [-0.25, -0.2) is 5.43 Å². The van der Waals surface area contributed by atoms with Crippen molar-refractivity contribution < 1.29 is 4.79 Å². The molecule has 0 bridgehead atoms. The first-order valence-electron chi connectivity index (χ1n) is 10.7. The van der Waals surface area contributed by atoms with Crippen molar-refractivity contribution in [2.45, 2.75) is 18.4 Å². The number of hydrogen-bond donors (Lipinski definition) is 6. The van der Waals surface area contributed by atoms with Crippen LogP contribution in [0.15, 0.2) is 54.6 Å². The minimum Gasteiger partial charge on any atom is -0.369 e. The van der Waals surface area contributed by atoms with Crippen molar-refractivity contribution >= 4 is 17.3 Å². The molecular weight excluding hydrogens is 378 g/mol. The van der Waals surface area contributed by atoms with Crippen LogP contribution in [0.25, 0.3) is 0 Å². The molecule has 1 amide bonds. The summed E-state index contributed by atoms with van der Waals surface area (Å²) in [6, 6.07) is 18.8. The quantitative estimate of drug-likeness (QED) is 0.436. The summed E-state index contributed by atoms with van der Waals surface area (Å²) < 4.78 is 0. The number of nitrogens with zero attached hydrogens (tertiary/aromatic N) is 1. The molecule has 2 aromatic rings. The van der Waals surface area contributed by atoms with Crippen molar-refractivity contribution in [2.75, 3.05) is 42.9 Å². The Bertz CT molecular complexity index is 854. The van der Waals surface area contributed by atoms with E-state index in [0.29, 0.717) is 6.54 Å². The number of carbonyl (C=O) groups excluding carboxylic acids is 1. The zero-order chi connectivity index (χ0) is 20.3. The van der Waals surface area contributed by atoms with E-state index >= 15 is 0 Å². The molecule has 0 spiro atoms.